The lowest BCUT2D eigenvalue weighted by atomic mass is 10.2. The molecule has 2 N–H and O–H groups in total. The molecule has 3 rings (SSSR count). The quantitative estimate of drug-likeness (QED) is 0.673. The van der Waals surface area contributed by atoms with Gasteiger partial charge in [0.2, 0.25) is 5.95 Å². The van der Waals surface area contributed by atoms with E-state index < -0.39 is 5.97 Å². The molecule has 7 nitrogen and oxygen atoms in total. The summed E-state index contributed by atoms with van der Waals surface area (Å²) in [5, 5.41) is 14.6. The van der Waals surface area contributed by atoms with E-state index in [9.17, 15) is 4.79 Å². The predicted molar refractivity (Wildman–Crippen MR) is 95.6 cm³/mol. The lowest BCUT2D eigenvalue weighted by Gasteiger charge is -2.10. The standard InChI is InChI=1S/C17H14ClN5O2/c1-25-16(24)13-4-2-3-5-14(13)21-17-22-15(10-19-23-17)20-12-8-6-11(18)7-9-12/h2-10H,1H3,(H2,20,21,22,23). The topological polar surface area (TPSA) is 89.0 Å². The minimum atomic E-state index is -0.452. The van der Waals surface area contributed by atoms with Gasteiger partial charge in [-0.05, 0) is 36.4 Å². The number of hydrogen-bond donors (Lipinski definition) is 2. The molecule has 0 aliphatic rings. The molecule has 0 atom stereocenters. The molecule has 8 heteroatoms. The second-order valence-corrected chi connectivity index (χ2v) is 5.40. The Hall–Kier alpha value is -3.19. The van der Waals surface area contributed by atoms with Crippen molar-refractivity contribution in [2.45, 2.75) is 0 Å². The molecule has 0 bridgehead atoms. The monoisotopic (exact) mass is 355 g/mol. The molecule has 0 spiro atoms. The fourth-order valence-electron chi connectivity index (χ4n) is 2.10. The molecule has 0 aliphatic heterocycles. The molecule has 1 aromatic heterocycles. The van der Waals surface area contributed by atoms with Crippen molar-refractivity contribution >= 4 is 40.7 Å². The van der Waals surface area contributed by atoms with Gasteiger partial charge >= 0.3 is 5.97 Å². The normalized spacial score (nSPS) is 10.2. The van der Waals surface area contributed by atoms with E-state index in [1.54, 1.807) is 36.4 Å². The van der Waals surface area contributed by atoms with Crippen molar-refractivity contribution < 1.29 is 9.53 Å². The number of benzene rings is 2. The van der Waals surface area contributed by atoms with Crippen LogP contribution in [0.4, 0.5) is 23.1 Å². The predicted octanol–water partition coefficient (Wildman–Crippen LogP) is 3.80. The van der Waals surface area contributed by atoms with Gasteiger partial charge in [0.1, 0.15) is 0 Å². The number of methoxy groups -OCH3 is 1. The van der Waals surface area contributed by atoms with E-state index in [4.69, 9.17) is 16.3 Å². The number of rotatable bonds is 5. The molecule has 0 fully saturated rings. The number of anilines is 4. The van der Waals surface area contributed by atoms with Gasteiger partial charge in [-0.15, -0.1) is 5.10 Å². The molecule has 1 heterocycles. The Balaban J connectivity index is 1.81. The number of nitrogens with one attached hydrogen (secondary N) is 2. The zero-order valence-corrected chi connectivity index (χ0v) is 14.0. The van der Waals surface area contributed by atoms with Crippen molar-refractivity contribution in [3.05, 3.63) is 65.3 Å². The van der Waals surface area contributed by atoms with Crippen LogP contribution in [0.2, 0.25) is 5.02 Å². The summed E-state index contributed by atoms with van der Waals surface area (Å²) in [7, 11) is 1.33. The first-order valence-electron chi connectivity index (χ1n) is 7.32. The Bertz CT molecular complexity index is 886. The first-order chi connectivity index (χ1) is 12.2. The van der Waals surface area contributed by atoms with Crippen molar-refractivity contribution in [3.63, 3.8) is 0 Å². The van der Waals surface area contributed by atoms with Crippen LogP contribution >= 0.6 is 11.6 Å². The second kappa shape index (κ2) is 7.59. The van der Waals surface area contributed by atoms with Crippen LogP contribution in [-0.4, -0.2) is 28.3 Å². The molecule has 0 amide bonds. The summed E-state index contributed by atoms with van der Waals surface area (Å²) in [5.74, 6) is 0.289. The first kappa shape index (κ1) is 16.7. The average molecular weight is 356 g/mol. The Morgan fingerprint density at radius 1 is 1.08 bits per heavy atom. The zero-order chi connectivity index (χ0) is 17.6. The van der Waals surface area contributed by atoms with Gasteiger partial charge in [0.05, 0.1) is 24.6 Å². The number of carbonyl (C=O) groups excluding carboxylic acids is 1. The van der Waals surface area contributed by atoms with Crippen LogP contribution in [0.25, 0.3) is 0 Å². The highest BCUT2D eigenvalue weighted by Crippen LogP contribution is 2.21. The van der Waals surface area contributed by atoms with Crippen LogP contribution in [-0.2, 0) is 4.74 Å². The third-order valence-electron chi connectivity index (χ3n) is 3.25. The third kappa shape index (κ3) is 4.21. The summed E-state index contributed by atoms with van der Waals surface area (Å²) in [6.07, 6.45) is 1.49. The van der Waals surface area contributed by atoms with E-state index in [1.165, 1.54) is 13.3 Å². The van der Waals surface area contributed by atoms with Gasteiger partial charge in [0.25, 0.3) is 0 Å². The van der Waals surface area contributed by atoms with E-state index in [0.29, 0.717) is 22.1 Å². The average Bonchev–Trinajstić information content (AvgIpc) is 2.64. The van der Waals surface area contributed by atoms with Gasteiger partial charge in [-0.3, -0.25) is 0 Å². The van der Waals surface area contributed by atoms with Crippen molar-refractivity contribution in [1.29, 1.82) is 0 Å². The molecule has 25 heavy (non-hydrogen) atoms. The fourth-order valence-corrected chi connectivity index (χ4v) is 2.22. The number of aromatic nitrogens is 3. The maximum atomic E-state index is 11.8. The number of nitrogens with zero attached hydrogens (tertiary/aromatic N) is 3. The summed E-state index contributed by atoms with van der Waals surface area (Å²) in [6.45, 7) is 0. The minimum Gasteiger partial charge on any atom is -0.465 e. The SMILES string of the molecule is COC(=O)c1ccccc1Nc1nncc(Nc2ccc(Cl)cc2)n1. The maximum absolute atomic E-state index is 11.8. The van der Waals surface area contributed by atoms with Gasteiger partial charge in [0.15, 0.2) is 5.82 Å². The van der Waals surface area contributed by atoms with Gasteiger partial charge in [-0.2, -0.15) is 10.1 Å². The largest absolute Gasteiger partial charge is 0.465 e. The lowest BCUT2D eigenvalue weighted by Crippen LogP contribution is -2.08. The molecule has 0 saturated heterocycles. The third-order valence-corrected chi connectivity index (χ3v) is 3.51. The molecule has 2 aromatic carbocycles. The summed E-state index contributed by atoms with van der Waals surface area (Å²) in [4.78, 5) is 16.1. The minimum absolute atomic E-state index is 0.246. The van der Waals surface area contributed by atoms with E-state index in [0.717, 1.165) is 5.69 Å². The molecule has 0 unspecified atom stereocenters. The molecular formula is C17H14ClN5O2. The summed E-state index contributed by atoms with van der Waals surface area (Å²) in [6, 6.07) is 14.1. The summed E-state index contributed by atoms with van der Waals surface area (Å²) >= 11 is 5.87. The van der Waals surface area contributed by atoms with Crippen LogP contribution in [0.1, 0.15) is 10.4 Å². The fraction of sp³-hybridized carbons (Fsp3) is 0.0588. The summed E-state index contributed by atoms with van der Waals surface area (Å²) in [5.41, 5.74) is 1.72. The Morgan fingerprint density at radius 2 is 1.84 bits per heavy atom. The van der Waals surface area contributed by atoms with Crippen LogP contribution in [0.3, 0.4) is 0 Å². The number of esters is 1. The highest BCUT2D eigenvalue weighted by atomic mass is 35.5. The van der Waals surface area contributed by atoms with Crippen molar-refractivity contribution in [1.82, 2.24) is 15.2 Å². The highest BCUT2D eigenvalue weighted by molar-refractivity contribution is 6.30. The van der Waals surface area contributed by atoms with Crippen LogP contribution in [0.5, 0.6) is 0 Å². The molecule has 0 aliphatic carbocycles. The molecule has 0 radical (unpaired) electrons. The van der Waals surface area contributed by atoms with Crippen molar-refractivity contribution in [3.8, 4) is 0 Å². The Labute approximate surface area is 149 Å². The summed E-state index contributed by atoms with van der Waals surface area (Å²) < 4.78 is 4.77. The van der Waals surface area contributed by atoms with Gasteiger partial charge in [0, 0.05) is 10.7 Å². The number of para-hydroxylation sites is 1. The number of halogens is 1. The number of hydrogen-bond acceptors (Lipinski definition) is 7. The molecule has 126 valence electrons. The van der Waals surface area contributed by atoms with E-state index in [-0.39, 0.29) is 5.95 Å². The number of ether oxygens (including phenoxy) is 1. The van der Waals surface area contributed by atoms with Crippen LogP contribution in [0, 0.1) is 0 Å². The van der Waals surface area contributed by atoms with Crippen molar-refractivity contribution in [2.24, 2.45) is 0 Å². The maximum Gasteiger partial charge on any atom is 0.339 e. The van der Waals surface area contributed by atoms with E-state index in [2.05, 4.69) is 25.8 Å². The molecular weight excluding hydrogens is 342 g/mol. The Kier molecular flexibility index (Phi) is 5.06. The molecule has 0 saturated carbocycles. The molecule has 3 aromatic rings. The van der Waals surface area contributed by atoms with Gasteiger partial charge < -0.3 is 15.4 Å². The van der Waals surface area contributed by atoms with Gasteiger partial charge in [-0.25, -0.2) is 4.79 Å². The lowest BCUT2D eigenvalue weighted by molar-refractivity contribution is 0.0602. The van der Waals surface area contributed by atoms with E-state index in [1.807, 2.05) is 12.1 Å². The highest BCUT2D eigenvalue weighted by Gasteiger charge is 2.12. The first-order valence-corrected chi connectivity index (χ1v) is 7.70. The number of carbonyl (C=O) groups is 1. The van der Waals surface area contributed by atoms with Gasteiger partial charge in [-0.1, -0.05) is 23.7 Å². The second-order valence-electron chi connectivity index (χ2n) is 4.96. The van der Waals surface area contributed by atoms with Crippen LogP contribution < -0.4 is 10.6 Å². The zero-order valence-electron chi connectivity index (χ0n) is 13.2. The van der Waals surface area contributed by atoms with E-state index >= 15 is 0 Å². The van der Waals surface area contributed by atoms with Crippen LogP contribution in [0.15, 0.2) is 54.7 Å². The smallest absolute Gasteiger partial charge is 0.339 e. The Morgan fingerprint density at radius 3 is 2.60 bits per heavy atom. The van der Waals surface area contributed by atoms with Crippen molar-refractivity contribution in [2.75, 3.05) is 17.7 Å².